The van der Waals surface area contributed by atoms with Crippen LogP contribution in [0.2, 0.25) is 0 Å². The fourth-order valence-electron chi connectivity index (χ4n) is 13.0. The van der Waals surface area contributed by atoms with Gasteiger partial charge in [-0.3, -0.25) is 19.4 Å². The van der Waals surface area contributed by atoms with E-state index in [-0.39, 0.29) is 81.8 Å². The first-order valence-corrected chi connectivity index (χ1v) is 27.3. The van der Waals surface area contributed by atoms with E-state index < -0.39 is 17.0 Å². The summed E-state index contributed by atoms with van der Waals surface area (Å²) in [4.78, 5) is 31.2. The normalized spacial score (nSPS) is 22.6. The number of piperidine rings is 2. The Morgan fingerprint density at radius 3 is 0.959 bits per heavy atom. The Kier molecular flexibility index (Phi) is 16.4. The van der Waals surface area contributed by atoms with Crippen molar-refractivity contribution in [3.05, 3.63) is 57.6 Å². The van der Waals surface area contributed by atoms with Gasteiger partial charge < -0.3 is 38.6 Å². The number of aryl methyl sites for hydroxylation is 2. The van der Waals surface area contributed by atoms with Gasteiger partial charge in [0.2, 0.25) is 0 Å². The van der Waals surface area contributed by atoms with E-state index in [1.165, 1.54) is 0 Å². The summed E-state index contributed by atoms with van der Waals surface area (Å²) in [5.41, 5.74) is 2.99. The maximum Gasteiger partial charge on any atom is 0.306 e. The number of phenols is 2. The van der Waals surface area contributed by atoms with Gasteiger partial charge in [0.1, 0.15) is 24.7 Å². The zero-order chi connectivity index (χ0) is 54.8. The highest BCUT2D eigenvalue weighted by Crippen LogP contribution is 2.53. The fraction of sp³-hybridized carbons (Fsp3) is 0.770. The lowest BCUT2D eigenvalue weighted by atomic mass is 9.74. The topological polar surface area (TPSA) is 136 Å². The molecule has 412 valence electrons. The molecule has 3 spiro atoms. The Morgan fingerprint density at radius 1 is 0.479 bits per heavy atom. The molecule has 0 radical (unpaired) electrons. The zero-order valence-corrected chi connectivity index (χ0v) is 49.2. The number of esters is 2. The molecule has 4 saturated heterocycles. The second-order valence-corrected chi connectivity index (χ2v) is 29.3. The first-order valence-electron chi connectivity index (χ1n) is 27.3. The van der Waals surface area contributed by atoms with Crippen LogP contribution in [0.1, 0.15) is 210 Å². The molecule has 0 amide bonds. The summed E-state index contributed by atoms with van der Waals surface area (Å²) in [6.07, 6.45) is 4.26. The second kappa shape index (κ2) is 20.3. The molecule has 4 aliphatic rings. The molecule has 0 saturated carbocycles. The molecule has 0 atom stereocenters. The van der Waals surface area contributed by atoms with E-state index in [4.69, 9.17) is 28.4 Å². The van der Waals surface area contributed by atoms with Crippen LogP contribution in [0, 0.1) is 5.41 Å². The minimum Gasteiger partial charge on any atom is -0.507 e. The maximum absolute atomic E-state index is 13.2. The Hall–Kier alpha value is -3.26. The van der Waals surface area contributed by atoms with Crippen molar-refractivity contribution >= 4 is 11.9 Å². The lowest BCUT2D eigenvalue weighted by Crippen LogP contribution is -2.71. The molecule has 4 aliphatic heterocycles. The summed E-state index contributed by atoms with van der Waals surface area (Å²) < 4.78 is 39.2. The number of phenolic OH excluding ortho intramolecular Hbond substituents is 2. The van der Waals surface area contributed by atoms with E-state index >= 15 is 0 Å². The highest BCUT2D eigenvalue weighted by molar-refractivity contribution is 5.70. The van der Waals surface area contributed by atoms with Gasteiger partial charge >= 0.3 is 11.9 Å². The van der Waals surface area contributed by atoms with Gasteiger partial charge in [0, 0.05) is 73.8 Å². The monoisotopic (exact) mass is 1020 g/mol. The predicted molar refractivity (Wildman–Crippen MR) is 289 cm³/mol. The standard InChI is InChI=1S/C61H98N2O10/c1-51(2,3)43-29-41(30-44(49(43)66)52(4,5)6)21-23-47(64)68-27-25-62-55(13,14)33-60(34-56(62,15)16)70-37-59(38-71-60)39-72-61(73-40-59)35-57(17,18)63(58(19,20)36-61)26-28-69-48(65)24-22-42-31-45(53(7,8)9)50(67)46(32-42)54(10,11)12/h29-32,66-67H,21-28,33-40H2,1-20H3. The van der Waals surface area contributed by atoms with Crippen molar-refractivity contribution in [1.82, 2.24) is 9.80 Å². The number of benzene rings is 2. The number of nitrogens with zero attached hydrogens (tertiary/aromatic N) is 2. The van der Waals surface area contributed by atoms with Gasteiger partial charge in [0.05, 0.1) is 31.8 Å². The van der Waals surface area contributed by atoms with Crippen molar-refractivity contribution in [3.63, 3.8) is 0 Å². The van der Waals surface area contributed by atoms with Gasteiger partial charge in [-0.05, 0) is 123 Å². The molecule has 0 aromatic heterocycles. The molecule has 12 nitrogen and oxygen atoms in total. The highest BCUT2D eigenvalue weighted by atomic mass is 16.7. The molecule has 0 bridgehead atoms. The van der Waals surface area contributed by atoms with Gasteiger partial charge in [-0.15, -0.1) is 0 Å². The van der Waals surface area contributed by atoms with Crippen LogP contribution in [0.15, 0.2) is 24.3 Å². The molecule has 4 fully saturated rings. The van der Waals surface area contributed by atoms with Crippen LogP contribution in [0.4, 0.5) is 0 Å². The minimum absolute atomic E-state index is 0.227. The summed E-state index contributed by atoms with van der Waals surface area (Å²) in [5.74, 6) is -1.30. The average Bonchev–Trinajstić information content (AvgIpc) is 3.22. The Bertz CT molecular complexity index is 2030. The van der Waals surface area contributed by atoms with Crippen LogP contribution in [0.25, 0.3) is 0 Å². The molecule has 12 heteroatoms. The smallest absolute Gasteiger partial charge is 0.306 e. The van der Waals surface area contributed by atoms with E-state index in [1.807, 2.05) is 24.3 Å². The molecule has 2 aromatic rings. The number of carbonyl (C=O) groups excluding carboxylic acids is 2. The molecule has 0 unspecified atom stereocenters. The van der Waals surface area contributed by atoms with Crippen molar-refractivity contribution in [2.45, 2.75) is 245 Å². The molecule has 0 aliphatic carbocycles. The largest absolute Gasteiger partial charge is 0.507 e. The summed E-state index contributed by atoms with van der Waals surface area (Å²) in [6, 6.07) is 8.16. The van der Waals surface area contributed by atoms with Crippen LogP contribution in [-0.2, 0) is 72.5 Å². The van der Waals surface area contributed by atoms with Crippen LogP contribution in [0.3, 0.4) is 0 Å². The first-order chi connectivity index (χ1) is 33.1. The third-order valence-corrected chi connectivity index (χ3v) is 16.3. The lowest BCUT2D eigenvalue weighted by molar-refractivity contribution is -0.395. The fourth-order valence-corrected chi connectivity index (χ4v) is 13.0. The minimum atomic E-state index is -0.765. The van der Waals surface area contributed by atoms with Crippen molar-refractivity contribution in [1.29, 1.82) is 0 Å². The number of ether oxygens (including phenoxy) is 6. The number of rotatable bonds is 12. The molecule has 2 N–H and O–H groups in total. The Labute approximate surface area is 440 Å². The van der Waals surface area contributed by atoms with E-state index in [2.05, 4.69) is 148 Å². The zero-order valence-electron chi connectivity index (χ0n) is 49.2. The third kappa shape index (κ3) is 13.5. The van der Waals surface area contributed by atoms with Crippen molar-refractivity contribution in [2.75, 3.05) is 52.7 Å². The second-order valence-electron chi connectivity index (χ2n) is 29.3. The molecular weight excluding hydrogens is 921 g/mol. The number of hydrogen-bond acceptors (Lipinski definition) is 12. The first kappa shape index (κ1) is 59.0. The Morgan fingerprint density at radius 2 is 0.726 bits per heavy atom. The van der Waals surface area contributed by atoms with Gasteiger partial charge in [0.15, 0.2) is 11.6 Å². The van der Waals surface area contributed by atoms with Gasteiger partial charge in [-0.1, -0.05) is 107 Å². The van der Waals surface area contributed by atoms with Gasteiger partial charge in [-0.25, -0.2) is 0 Å². The number of likely N-dealkylation sites (tertiary alicyclic amines) is 2. The van der Waals surface area contributed by atoms with Crippen molar-refractivity contribution in [3.8, 4) is 11.5 Å². The third-order valence-electron chi connectivity index (χ3n) is 16.3. The van der Waals surface area contributed by atoms with Crippen LogP contribution < -0.4 is 0 Å². The van der Waals surface area contributed by atoms with Crippen LogP contribution in [0.5, 0.6) is 11.5 Å². The maximum atomic E-state index is 13.2. The van der Waals surface area contributed by atoms with Crippen LogP contribution in [-0.4, -0.2) is 118 Å². The molecule has 6 rings (SSSR count). The van der Waals surface area contributed by atoms with E-state index in [9.17, 15) is 19.8 Å². The summed E-state index contributed by atoms with van der Waals surface area (Å²) in [5, 5.41) is 22.3. The molecule has 4 heterocycles. The average molecular weight is 1020 g/mol. The highest BCUT2D eigenvalue weighted by Gasteiger charge is 2.61. The van der Waals surface area contributed by atoms with E-state index in [0.29, 0.717) is 89.5 Å². The van der Waals surface area contributed by atoms with Crippen molar-refractivity contribution < 1.29 is 48.2 Å². The Balaban J connectivity index is 0.974. The SMILES string of the molecule is CC(C)(C)c1cc(CCC(=O)OCCN2C(C)(C)CC3(CC2(C)C)OCC2(CO3)COC3(CC(C)(C)N(CCOC(=O)CCc4cc(C(C)(C)C)c(O)c(C(C)(C)C)c4)C(C)(C)C3)OC2)cc(C(C)(C)C)c1O. The van der Waals surface area contributed by atoms with Gasteiger partial charge in [-0.2, -0.15) is 0 Å². The quantitative estimate of drug-likeness (QED) is 0.196. The molecular formula is C61H98N2O10. The van der Waals surface area contributed by atoms with Crippen LogP contribution >= 0.6 is 0 Å². The number of carbonyl (C=O) groups is 2. The lowest BCUT2D eigenvalue weighted by Gasteiger charge is -2.62. The molecule has 2 aromatic carbocycles. The van der Waals surface area contributed by atoms with E-state index in [0.717, 1.165) is 33.4 Å². The predicted octanol–water partition coefficient (Wildman–Crippen LogP) is 11.7. The summed E-state index contributed by atoms with van der Waals surface area (Å²) in [6.45, 7) is 46.6. The van der Waals surface area contributed by atoms with Gasteiger partial charge in [0.25, 0.3) is 0 Å². The summed E-state index contributed by atoms with van der Waals surface area (Å²) >= 11 is 0. The molecule has 73 heavy (non-hydrogen) atoms. The van der Waals surface area contributed by atoms with E-state index in [1.54, 1.807) is 0 Å². The number of hydrogen-bond donors (Lipinski definition) is 2. The number of aromatic hydroxyl groups is 2. The van der Waals surface area contributed by atoms with Crippen molar-refractivity contribution in [2.24, 2.45) is 5.41 Å². The summed E-state index contributed by atoms with van der Waals surface area (Å²) in [7, 11) is 0.